The van der Waals surface area contributed by atoms with E-state index in [4.69, 9.17) is 4.74 Å². The van der Waals surface area contributed by atoms with Gasteiger partial charge in [0, 0.05) is 24.8 Å². The van der Waals surface area contributed by atoms with Crippen molar-refractivity contribution >= 4 is 26.0 Å². The van der Waals surface area contributed by atoms with Gasteiger partial charge in [-0.3, -0.25) is 0 Å². The second-order valence-electron chi connectivity index (χ2n) is 2.95. The van der Waals surface area contributed by atoms with Gasteiger partial charge in [-0.25, -0.2) is 17.7 Å². The lowest BCUT2D eigenvalue weighted by Crippen LogP contribution is -2.23. The van der Waals surface area contributed by atoms with Gasteiger partial charge >= 0.3 is 0 Å². The minimum Gasteiger partial charge on any atom is -0.480 e. The maximum Gasteiger partial charge on any atom is 0.247 e. The first-order valence-corrected chi connectivity index (χ1v) is 6.25. The SMILES string of the molecule is COc1ncc(Br)cc1S(=O)(=O)N(C)C. The Kier molecular flexibility index (Phi) is 3.69. The van der Waals surface area contributed by atoms with Gasteiger partial charge in [-0.05, 0) is 22.0 Å². The molecule has 0 unspecified atom stereocenters. The van der Waals surface area contributed by atoms with Crippen LogP contribution in [-0.2, 0) is 10.0 Å². The van der Waals surface area contributed by atoms with E-state index in [1.807, 2.05) is 0 Å². The number of ether oxygens (including phenoxy) is 1. The van der Waals surface area contributed by atoms with Crippen molar-refractivity contribution < 1.29 is 13.2 Å². The van der Waals surface area contributed by atoms with Gasteiger partial charge in [-0.15, -0.1) is 0 Å². The summed E-state index contributed by atoms with van der Waals surface area (Å²) in [6.45, 7) is 0. The molecule has 1 rings (SSSR count). The summed E-state index contributed by atoms with van der Waals surface area (Å²) in [6.07, 6.45) is 1.48. The van der Waals surface area contributed by atoms with E-state index in [0.29, 0.717) is 4.47 Å². The van der Waals surface area contributed by atoms with Crippen LogP contribution >= 0.6 is 15.9 Å². The Bertz CT molecular complexity index is 459. The van der Waals surface area contributed by atoms with Crippen LogP contribution < -0.4 is 4.74 Å². The van der Waals surface area contributed by atoms with E-state index in [-0.39, 0.29) is 10.8 Å². The molecule has 84 valence electrons. The normalized spacial score (nSPS) is 11.8. The molecule has 0 aliphatic carbocycles. The molecule has 0 aliphatic rings. The minimum atomic E-state index is -3.53. The second kappa shape index (κ2) is 4.46. The van der Waals surface area contributed by atoms with Gasteiger partial charge < -0.3 is 4.74 Å². The lowest BCUT2D eigenvalue weighted by Gasteiger charge is -2.13. The van der Waals surface area contributed by atoms with E-state index in [0.717, 1.165) is 4.31 Å². The lowest BCUT2D eigenvalue weighted by molar-refractivity contribution is 0.382. The van der Waals surface area contributed by atoms with Crippen LogP contribution in [-0.4, -0.2) is 38.9 Å². The number of nitrogens with zero attached hydrogens (tertiary/aromatic N) is 2. The van der Waals surface area contributed by atoms with E-state index in [1.54, 1.807) is 0 Å². The Labute approximate surface area is 97.2 Å². The molecule has 7 heteroatoms. The molecule has 0 bridgehead atoms. The zero-order valence-corrected chi connectivity index (χ0v) is 11.0. The number of hydrogen-bond donors (Lipinski definition) is 0. The van der Waals surface area contributed by atoms with E-state index in [1.165, 1.54) is 33.5 Å². The van der Waals surface area contributed by atoms with Crippen molar-refractivity contribution in [2.75, 3.05) is 21.2 Å². The van der Waals surface area contributed by atoms with E-state index in [2.05, 4.69) is 20.9 Å². The van der Waals surface area contributed by atoms with Crippen LogP contribution in [0.3, 0.4) is 0 Å². The molecule has 15 heavy (non-hydrogen) atoms. The highest BCUT2D eigenvalue weighted by Crippen LogP contribution is 2.26. The van der Waals surface area contributed by atoms with Gasteiger partial charge in [0.2, 0.25) is 15.9 Å². The van der Waals surface area contributed by atoms with Crippen LogP contribution in [0.4, 0.5) is 0 Å². The first-order chi connectivity index (χ1) is 6.89. The molecule has 5 nitrogen and oxygen atoms in total. The van der Waals surface area contributed by atoms with Crippen molar-refractivity contribution in [2.45, 2.75) is 4.90 Å². The fourth-order valence-electron chi connectivity index (χ4n) is 0.943. The molecule has 0 N–H and O–H groups in total. The van der Waals surface area contributed by atoms with Crippen molar-refractivity contribution in [1.82, 2.24) is 9.29 Å². The monoisotopic (exact) mass is 294 g/mol. The summed E-state index contributed by atoms with van der Waals surface area (Å²) < 4.78 is 30.3. The summed E-state index contributed by atoms with van der Waals surface area (Å²) in [6, 6.07) is 1.46. The molecule has 0 spiro atoms. The molecular formula is C8H11BrN2O3S. The predicted molar refractivity (Wildman–Crippen MR) is 59.4 cm³/mol. The van der Waals surface area contributed by atoms with Crippen molar-refractivity contribution in [2.24, 2.45) is 0 Å². The van der Waals surface area contributed by atoms with Gasteiger partial charge in [0.1, 0.15) is 4.90 Å². The zero-order valence-electron chi connectivity index (χ0n) is 8.56. The van der Waals surface area contributed by atoms with Crippen LogP contribution in [0.15, 0.2) is 21.6 Å². The van der Waals surface area contributed by atoms with Gasteiger partial charge in [0.05, 0.1) is 7.11 Å². The van der Waals surface area contributed by atoms with E-state index >= 15 is 0 Å². The molecule has 0 atom stereocenters. The number of sulfonamides is 1. The maximum atomic E-state index is 11.8. The van der Waals surface area contributed by atoms with Gasteiger partial charge in [-0.1, -0.05) is 0 Å². The third-order valence-electron chi connectivity index (χ3n) is 1.74. The summed E-state index contributed by atoms with van der Waals surface area (Å²) in [4.78, 5) is 3.92. The van der Waals surface area contributed by atoms with Crippen LogP contribution in [0.2, 0.25) is 0 Å². The average molecular weight is 295 g/mol. The first kappa shape index (κ1) is 12.4. The summed E-state index contributed by atoms with van der Waals surface area (Å²) in [5, 5.41) is 0. The molecule has 0 aromatic carbocycles. The Morgan fingerprint density at radius 2 is 2.07 bits per heavy atom. The van der Waals surface area contributed by atoms with Gasteiger partial charge in [0.25, 0.3) is 0 Å². The van der Waals surface area contributed by atoms with E-state index < -0.39 is 10.0 Å². The summed E-state index contributed by atoms with van der Waals surface area (Å²) >= 11 is 3.17. The van der Waals surface area contributed by atoms with Gasteiger partial charge in [0.15, 0.2) is 0 Å². The van der Waals surface area contributed by atoms with E-state index in [9.17, 15) is 8.42 Å². The molecule has 0 fully saturated rings. The first-order valence-electron chi connectivity index (χ1n) is 4.01. The smallest absolute Gasteiger partial charge is 0.247 e. The third kappa shape index (κ3) is 2.47. The van der Waals surface area contributed by atoms with Crippen LogP contribution in [0, 0.1) is 0 Å². The number of methoxy groups -OCH3 is 1. The summed E-state index contributed by atoms with van der Waals surface area (Å²) in [7, 11) is 0.762. The fraction of sp³-hybridized carbons (Fsp3) is 0.375. The molecule has 0 amide bonds. The molecule has 1 heterocycles. The average Bonchev–Trinajstić information content (AvgIpc) is 2.17. The zero-order chi connectivity index (χ0) is 11.6. The molecular weight excluding hydrogens is 284 g/mol. The highest BCUT2D eigenvalue weighted by molar-refractivity contribution is 9.10. The lowest BCUT2D eigenvalue weighted by atomic mass is 10.5. The van der Waals surface area contributed by atoms with Crippen molar-refractivity contribution in [3.05, 3.63) is 16.7 Å². The molecule has 0 radical (unpaired) electrons. The highest BCUT2D eigenvalue weighted by atomic mass is 79.9. The molecule has 0 saturated heterocycles. The Hall–Kier alpha value is -0.660. The minimum absolute atomic E-state index is 0.0457. The Balaban J connectivity index is 3.42. The quantitative estimate of drug-likeness (QED) is 0.838. The van der Waals surface area contributed by atoms with Crippen molar-refractivity contribution in [3.63, 3.8) is 0 Å². The van der Waals surface area contributed by atoms with Crippen LogP contribution in [0.1, 0.15) is 0 Å². The topological polar surface area (TPSA) is 59.5 Å². The second-order valence-corrected chi connectivity index (χ2v) is 5.98. The number of hydrogen-bond acceptors (Lipinski definition) is 4. The molecule has 1 aromatic heterocycles. The Morgan fingerprint density at radius 3 is 2.53 bits per heavy atom. The third-order valence-corrected chi connectivity index (χ3v) is 3.98. The summed E-state index contributed by atoms with van der Waals surface area (Å²) in [5.74, 6) is 0.0897. The van der Waals surface area contributed by atoms with Crippen LogP contribution in [0.25, 0.3) is 0 Å². The Morgan fingerprint density at radius 1 is 1.47 bits per heavy atom. The maximum absolute atomic E-state index is 11.8. The summed E-state index contributed by atoms with van der Waals surface area (Å²) in [5.41, 5.74) is 0. The van der Waals surface area contributed by atoms with Crippen molar-refractivity contribution in [1.29, 1.82) is 0 Å². The standard InChI is InChI=1S/C8H11BrN2O3S/c1-11(2)15(12,13)7-4-6(9)5-10-8(7)14-3/h4-5H,1-3H3. The molecule has 0 saturated carbocycles. The number of rotatable bonds is 3. The number of pyridine rings is 1. The van der Waals surface area contributed by atoms with Crippen molar-refractivity contribution in [3.8, 4) is 5.88 Å². The van der Waals surface area contributed by atoms with Crippen LogP contribution in [0.5, 0.6) is 5.88 Å². The molecule has 1 aromatic rings. The largest absolute Gasteiger partial charge is 0.480 e. The highest BCUT2D eigenvalue weighted by Gasteiger charge is 2.23. The van der Waals surface area contributed by atoms with Gasteiger partial charge in [-0.2, -0.15) is 0 Å². The predicted octanol–water partition coefficient (Wildman–Crippen LogP) is 1.10. The molecule has 0 aliphatic heterocycles. The fourth-order valence-corrected chi connectivity index (χ4v) is 2.45. The number of aromatic nitrogens is 1. The number of halogens is 1.